The molecule has 0 saturated carbocycles. The van der Waals surface area contributed by atoms with Crippen LogP contribution in [0.2, 0.25) is 0 Å². The third-order valence-corrected chi connectivity index (χ3v) is 5.14. The van der Waals surface area contributed by atoms with E-state index in [4.69, 9.17) is 0 Å². The number of aromatic nitrogens is 2. The first-order valence-corrected chi connectivity index (χ1v) is 9.33. The van der Waals surface area contributed by atoms with Crippen LogP contribution in [-0.4, -0.2) is 41.5 Å². The van der Waals surface area contributed by atoms with E-state index in [1.54, 1.807) is 0 Å². The van der Waals surface area contributed by atoms with Gasteiger partial charge in [-0.2, -0.15) is 0 Å². The molecule has 0 aliphatic heterocycles. The summed E-state index contributed by atoms with van der Waals surface area (Å²) in [5.41, 5.74) is 5.11. The third-order valence-electron chi connectivity index (χ3n) is 5.14. The van der Waals surface area contributed by atoms with Gasteiger partial charge in [-0.25, -0.2) is 4.98 Å². The molecule has 0 fully saturated rings. The molecule has 1 aliphatic rings. The molecular weight excluding hydrogens is 461 g/mol. The van der Waals surface area contributed by atoms with Crippen molar-refractivity contribution in [2.45, 2.75) is 18.9 Å². The van der Waals surface area contributed by atoms with Crippen molar-refractivity contribution in [1.29, 1.82) is 0 Å². The molecule has 5 nitrogen and oxygen atoms in total. The SMILES string of the molecule is CN=C(NCC1Cc2ccccc21)N(C)Cc1ncc(-c2ccccc2)[nH]1.I. The molecule has 3 aromatic rings. The molecule has 1 unspecified atom stereocenters. The van der Waals surface area contributed by atoms with Crippen LogP contribution in [0.15, 0.2) is 65.8 Å². The van der Waals surface area contributed by atoms with E-state index in [1.807, 2.05) is 38.5 Å². The van der Waals surface area contributed by atoms with Crippen molar-refractivity contribution < 1.29 is 0 Å². The zero-order chi connectivity index (χ0) is 18.6. The number of nitrogens with one attached hydrogen (secondary N) is 2. The summed E-state index contributed by atoms with van der Waals surface area (Å²) in [4.78, 5) is 14.4. The van der Waals surface area contributed by atoms with Gasteiger partial charge in [-0.3, -0.25) is 4.99 Å². The number of rotatable bonds is 5. The molecule has 0 amide bonds. The van der Waals surface area contributed by atoms with Crippen molar-refractivity contribution in [3.63, 3.8) is 0 Å². The number of nitrogens with zero attached hydrogens (tertiary/aromatic N) is 3. The lowest BCUT2D eigenvalue weighted by Crippen LogP contribution is -2.42. The van der Waals surface area contributed by atoms with Gasteiger partial charge in [-0.05, 0) is 23.1 Å². The predicted octanol–water partition coefficient (Wildman–Crippen LogP) is 4.04. The summed E-state index contributed by atoms with van der Waals surface area (Å²) in [5.74, 6) is 2.38. The van der Waals surface area contributed by atoms with Crippen LogP contribution in [0.1, 0.15) is 22.9 Å². The molecular formula is C22H26IN5. The maximum atomic E-state index is 4.52. The van der Waals surface area contributed by atoms with Crippen molar-refractivity contribution in [2.75, 3.05) is 20.6 Å². The second-order valence-corrected chi connectivity index (χ2v) is 6.99. The van der Waals surface area contributed by atoms with Crippen LogP contribution in [0.25, 0.3) is 11.3 Å². The van der Waals surface area contributed by atoms with Crippen LogP contribution in [-0.2, 0) is 13.0 Å². The topological polar surface area (TPSA) is 56.3 Å². The highest BCUT2D eigenvalue weighted by atomic mass is 127. The van der Waals surface area contributed by atoms with Gasteiger partial charge in [0, 0.05) is 26.6 Å². The lowest BCUT2D eigenvalue weighted by Gasteiger charge is -2.31. The fourth-order valence-electron chi connectivity index (χ4n) is 3.65. The number of imidazole rings is 1. The van der Waals surface area contributed by atoms with E-state index in [1.165, 1.54) is 11.1 Å². The van der Waals surface area contributed by atoms with Crippen molar-refractivity contribution in [2.24, 2.45) is 4.99 Å². The van der Waals surface area contributed by atoms with E-state index < -0.39 is 0 Å². The lowest BCUT2D eigenvalue weighted by molar-refractivity contribution is 0.456. The summed E-state index contributed by atoms with van der Waals surface area (Å²) in [6.45, 7) is 1.58. The number of halogens is 1. The van der Waals surface area contributed by atoms with Crippen molar-refractivity contribution in [1.82, 2.24) is 20.2 Å². The number of aromatic amines is 1. The highest BCUT2D eigenvalue weighted by Gasteiger charge is 2.25. The molecule has 6 heteroatoms. The highest BCUT2D eigenvalue weighted by molar-refractivity contribution is 14.0. The molecule has 28 heavy (non-hydrogen) atoms. The van der Waals surface area contributed by atoms with Gasteiger partial charge in [0.05, 0.1) is 18.4 Å². The molecule has 2 aromatic carbocycles. The van der Waals surface area contributed by atoms with Gasteiger partial charge in [0.1, 0.15) is 5.82 Å². The number of hydrogen-bond donors (Lipinski definition) is 2. The standard InChI is InChI=1S/C22H25N5.HI/c1-23-22(25-13-18-12-17-10-6-7-11-19(17)18)27(2)15-21-24-14-20(26-21)16-8-4-3-5-9-16;/h3-11,14,18H,12-13,15H2,1-2H3,(H,23,25)(H,24,26);1H. The molecule has 146 valence electrons. The van der Waals surface area contributed by atoms with E-state index in [9.17, 15) is 0 Å². The molecule has 4 rings (SSSR count). The Morgan fingerprint density at radius 2 is 1.93 bits per heavy atom. The summed E-state index contributed by atoms with van der Waals surface area (Å²) in [5, 5.41) is 3.51. The zero-order valence-electron chi connectivity index (χ0n) is 16.2. The maximum absolute atomic E-state index is 4.52. The van der Waals surface area contributed by atoms with Crippen LogP contribution in [0, 0.1) is 0 Å². The largest absolute Gasteiger partial charge is 0.356 e. The van der Waals surface area contributed by atoms with Gasteiger partial charge in [0.2, 0.25) is 0 Å². The van der Waals surface area contributed by atoms with E-state index in [0.717, 1.165) is 36.0 Å². The molecule has 1 heterocycles. The number of hydrogen-bond acceptors (Lipinski definition) is 2. The van der Waals surface area contributed by atoms with Crippen molar-refractivity contribution >= 4 is 29.9 Å². The van der Waals surface area contributed by atoms with Crippen LogP contribution >= 0.6 is 24.0 Å². The fourth-order valence-corrected chi connectivity index (χ4v) is 3.65. The second-order valence-electron chi connectivity index (χ2n) is 6.99. The van der Waals surface area contributed by atoms with Gasteiger partial charge in [0.25, 0.3) is 0 Å². The Kier molecular flexibility index (Phi) is 6.72. The third kappa shape index (κ3) is 4.38. The predicted molar refractivity (Wildman–Crippen MR) is 125 cm³/mol. The van der Waals surface area contributed by atoms with Gasteiger partial charge in [0.15, 0.2) is 5.96 Å². The summed E-state index contributed by atoms with van der Waals surface area (Å²) in [6, 6.07) is 18.9. The number of guanidine groups is 1. The summed E-state index contributed by atoms with van der Waals surface area (Å²) in [6.07, 6.45) is 3.03. The minimum Gasteiger partial charge on any atom is -0.356 e. The van der Waals surface area contributed by atoms with Crippen molar-refractivity contribution in [3.05, 3.63) is 77.7 Å². The van der Waals surface area contributed by atoms with E-state index in [-0.39, 0.29) is 24.0 Å². The number of aliphatic imine (C=N–C) groups is 1. The quantitative estimate of drug-likeness (QED) is 0.325. The van der Waals surface area contributed by atoms with Gasteiger partial charge in [-0.15, -0.1) is 24.0 Å². The molecule has 1 aliphatic carbocycles. The molecule has 0 radical (unpaired) electrons. The Hall–Kier alpha value is -2.35. The van der Waals surface area contributed by atoms with Crippen molar-refractivity contribution in [3.8, 4) is 11.3 Å². The zero-order valence-corrected chi connectivity index (χ0v) is 18.6. The average Bonchev–Trinajstić information content (AvgIpc) is 3.14. The second kappa shape index (κ2) is 9.23. The molecule has 2 N–H and O–H groups in total. The smallest absolute Gasteiger partial charge is 0.193 e. The van der Waals surface area contributed by atoms with E-state index >= 15 is 0 Å². The highest BCUT2D eigenvalue weighted by Crippen LogP contribution is 2.34. The number of benzene rings is 2. The minimum atomic E-state index is 0. The summed E-state index contributed by atoms with van der Waals surface area (Å²) < 4.78 is 0. The lowest BCUT2D eigenvalue weighted by atomic mass is 9.78. The van der Waals surface area contributed by atoms with Crippen LogP contribution < -0.4 is 5.32 Å². The Morgan fingerprint density at radius 3 is 2.68 bits per heavy atom. The van der Waals surface area contributed by atoms with Gasteiger partial charge < -0.3 is 15.2 Å². The fraction of sp³-hybridized carbons (Fsp3) is 0.273. The molecule has 0 bridgehead atoms. The summed E-state index contributed by atoms with van der Waals surface area (Å²) >= 11 is 0. The Morgan fingerprint density at radius 1 is 1.18 bits per heavy atom. The first kappa shape index (κ1) is 20.4. The van der Waals surface area contributed by atoms with E-state index in [2.05, 4.69) is 61.6 Å². The maximum Gasteiger partial charge on any atom is 0.193 e. The minimum absolute atomic E-state index is 0. The average molecular weight is 487 g/mol. The first-order chi connectivity index (χ1) is 13.2. The van der Waals surface area contributed by atoms with E-state index in [0.29, 0.717) is 12.5 Å². The van der Waals surface area contributed by atoms with Gasteiger partial charge in [-0.1, -0.05) is 54.6 Å². The van der Waals surface area contributed by atoms with Crippen LogP contribution in [0.5, 0.6) is 0 Å². The van der Waals surface area contributed by atoms with Crippen LogP contribution in [0.3, 0.4) is 0 Å². The molecule has 0 saturated heterocycles. The Bertz CT molecular complexity index is 935. The molecule has 0 spiro atoms. The number of H-pyrrole nitrogens is 1. The first-order valence-electron chi connectivity index (χ1n) is 9.33. The van der Waals surface area contributed by atoms with Crippen LogP contribution in [0.4, 0.5) is 0 Å². The Labute approximate surface area is 183 Å². The monoisotopic (exact) mass is 487 g/mol. The van der Waals surface area contributed by atoms with Gasteiger partial charge >= 0.3 is 0 Å². The Balaban J connectivity index is 0.00000225. The normalized spacial score (nSPS) is 15.2. The molecule has 1 aromatic heterocycles. The molecule has 1 atom stereocenters. The number of fused-ring (bicyclic) bond motifs is 1. The summed E-state index contributed by atoms with van der Waals surface area (Å²) in [7, 11) is 3.86.